The highest BCUT2D eigenvalue weighted by Gasteiger charge is 2.65. The van der Waals surface area contributed by atoms with Crippen LogP contribution in [0.15, 0.2) is 0 Å². The zero-order valence-corrected chi connectivity index (χ0v) is 79.0. The number of nitrogens with one attached hydrogen (secondary N) is 5. The molecule has 0 unspecified atom stereocenters. The van der Waals surface area contributed by atoms with Crippen LogP contribution in [0.1, 0.15) is 48.5 Å². The summed E-state index contributed by atoms with van der Waals surface area (Å²) in [5.41, 5.74) is 0. The maximum Gasteiger partial charge on any atom is 0.217 e. The molecule has 12 saturated heterocycles. The highest BCUT2D eigenvalue weighted by atomic mass is 16.8. The van der Waals surface area contributed by atoms with Gasteiger partial charge in [-0.1, -0.05) is 0 Å². The summed E-state index contributed by atoms with van der Waals surface area (Å²) < 4.78 is 140. The molecular weight excluding hydrogens is 2000 g/mol. The first-order valence-electron chi connectivity index (χ1n) is 46.9. The average Bonchev–Trinajstić information content (AvgIpc) is 0.760. The van der Waals surface area contributed by atoms with Gasteiger partial charge in [0.15, 0.2) is 75.5 Å². The summed E-state index contributed by atoms with van der Waals surface area (Å²) in [5, 5.41) is 364. The number of hydrogen-bond donors (Lipinski definition) is 36. The first-order valence-corrected chi connectivity index (χ1v) is 46.9. The van der Waals surface area contributed by atoms with Crippen molar-refractivity contribution in [2.24, 2.45) is 0 Å². The molecule has 0 bridgehead atoms. The second kappa shape index (κ2) is 52.2. The fourth-order valence-electron chi connectivity index (χ4n) is 19.2. The first-order chi connectivity index (χ1) is 69.0. The lowest BCUT2D eigenvalue weighted by Crippen LogP contribution is -2.72. The smallest absolute Gasteiger partial charge is 0.217 e. The van der Waals surface area contributed by atoms with Gasteiger partial charge in [0, 0.05) is 34.6 Å². The lowest BCUT2D eigenvalue weighted by Gasteiger charge is -2.52. The van der Waals surface area contributed by atoms with E-state index in [0.717, 1.165) is 34.6 Å². The van der Waals surface area contributed by atoms with Crippen LogP contribution in [0.4, 0.5) is 0 Å². The molecule has 0 aliphatic carbocycles. The molecule has 844 valence electrons. The molecule has 5 amide bonds. The van der Waals surface area contributed by atoms with E-state index in [1.54, 1.807) is 0 Å². The van der Waals surface area contributed by atoms with Crippen LogP contribution in [0.5, 0.6) is 0 Å². The van der Waals surface area contributed by atoms with Crippen molar-refractivity contribution in [3.63, 3.8) is 0 Å². The number of hydrogen-bond acceptors (Lipinski definition) is 59. The Morgan fingerprint density at radius 1 is 0.192 bits per heavy atom. The molecule has 146 heavy (non-hydrogen) atoms. The molecule has 60 atom stereocenters. The molecule has 12 fully saturated rings. The van der Waals surface area contributed by atoms with E-state index in [2.05, 4.69) is 26.6 Å². The van der Waals surface area contributed by atoms with Gasteiger partial charge in [-0.15, -0.1) is 0 Å². The molecule has 64 nitrogen and oxygen atoms in total. The number of carbonyl (C=O) groups excluding carboxylic acids is 5. The molecule has 0 radical (unpaired) electrons. The molecule has 12 heterocycles. The van der Waals surface area contributed by atoms with Crippen molar-refractivity contribution in [3.05, 3.63) is 0 Å². The van der Waals surface area contributed by atoms with Gasteiger partial charge in [0.1, 0.15) is 280 Å². The topological polar surface area (TPSA) is 985 Å². The number of aliphatic hydroxyl groups is 31. The van der Waals surface area contributed by atoms with E-state index in [4.69, 9.17) is 109 Å². The van der Waals surface area contributed by atoms with Crippen molar-refractivity contribution in [3.8, 4) is 0 Å². The Kier molecular flexibility index (Phi) is 42.8. The van der Waals surface area contributed by atoms with Gasteiger partial charge in [-0.05, 0) is 13.8 Å². The highest BCUT2D eigenvalue weighted by Crippen LogP contribution is 2.44. The van der Waals surface area contributed by atoms with Crippen molar-refractivity contribution in [1.82, 2.24) is 26.6 Å². The molecule has 0 saturated carbocycles. The minimum absolute atomic E-state index is 0.844. The third-order valence-corrected chi connectivity index (χ3v) is 27.0. The molecule has 12 aliphatic heterocycles. The zero-order valence-electron chi connectivity index (χ0n) is 79.0. The van der Waals surface area contributed by atoms with Crippen LogP contribution in [0, 0.1) is 0 Å². The Hall–Kier alpha value is -4.81. The van der Waals surface area contributed by atoms with Gasteiger partial charge in [-0.3, -0.25) is 24.0 Å². The molecule has 0 aromatic heterocycles. The number of rotatable bonds is 37. The predicted molar refractivity (Wildman–Crippen MR) is 450 cm³/mol. The molecule has 0 aromatic rings. The van der Waals surface area contributed by atoms with Crippen molar-refractivity contribution in [2.75, 3.05) is 66.1 Å². The molecule has 12 aliphatic rings. The van der Waals surface area contributed by atoms with Gasteiger partial charge >= 0.3 is 0 Å². The summed E-state index contributed by atoms with van der Waals surface area (Å²) in [5.74, 6) is -5.09. The minimum Gasteiger partial charge on any atom is -0.394 e. The number of aliphatic hydroxyl groups excluding tert-OH is 31. The van der Waals surface area contributed by atoms with Gasteiger partial charge in [0.2, 0.25) is 29.5 Å². The SMILES string of the molecule is CC(=O)N[C@H]1[C@H](OC[C@H]2O[C@@H](O[C@H]3[C@H](O)[C@@H](CO)O[C@@H](O[C@H]4[C@@H](O)[C@@H](CO)O[C@@H](O[C@H]5[C@H](O)[C@@H](O)[C@H](O)O[C@@H]5CO)[C@@H]4O)[C@@H]3NC(C)=O)[C@H](O)[C@@H](O[C@@H]3O[C@H](CO)[C@@H](O)[C@H](O[C@@H]4O[C@H](CO)[C@H](O)[C@H](O[C@H]5O[C@H](CO)[C@@H](O)[C@H](O)[C@H]5NC(C)=O)[C@H]4O[C@@H]4O[C@@H](C)[C@@H](O)[C@@H](O)[C@@H]4O)[C@H]3NC(C)=O)[C@H]2O)O[C@H](CO)[C@@H](O[C@@H]2O[C@H](CO)[C@H](O)[C@H](O[C@H]3O[C@H](CO)[C@H](O)[C@H](O)[C@H]3NC(C)=O)[C@H]2O[C@@H]2O[C@@H](C)[C@@H](O)[C@@H](O)[C@@H]2O)[C@@H]1O. The van der Waals surface area contributed by atoms with Gasteiger partial charge in [0.05, 0.1) is 78.3 Å². The second-order valence-corrected chi connectivity index (χ2v) is 37.3. The molecule has 64 heteroatoms. The fourth-order valence-corrected chi connectivity index (χ4v) is 19.2. The third-order valence-electron chi connectivity index (χ3n) is 27.0. The molecule has 0 spiro atoms. The first kappa shape index (κ1) is 120. The van der Waals surface area contributed by atoms with E-state index >= 15 is 0 Å². The van der Waals surface area contributed by atoms with Gasteiger partial charge < -0.3 is 294 Å². The minimum atomic E-state index is -2.75. The number of ether oxygens (including phenoxy) is 23. The Labute approximate surface area is 827 Å². The van der Waals surface area contributed by atoms with E-state index in [0.29, 0.717) is 0 Å². The summed E-state index contributed by atoms with van der Waals surface area (Å²) in [6.07, 6.45) is -119. The fraction of sp³-hybridized carbons (Fsp3) is 0.939. The predicted octanol–water partition coefficient (Wildman–Crippen LogP) is -24.4. The third kappa shape index (κ3) is 26.3. The van der Waals surface area contributed by atoms with E-state index in [1.165, 1.54) is 13.8 Å². The van der Waals surface area contributed by atoms with E-state index < -0.39 is 464 Å². The van der Waals surface area contributed by atoms with Crippen molar-refractivity contribution in [1.29, 1.82) is 0 Å². The summed E-state index contributed by atoms with van der Waals surface area (Å²) in [6.45, 7) is -5.09. The summed E-state index contributed by atoms with van der Waals surface area (Å²) in [6, 6.07) is -10.2. The summed E-state index contributed by atoms with van der Waals surface area (Å²) >= 11 is 0. The van der Waals surface area contributed by atoms with Crippen LogP contribution in [-0.2, 0) is 133 Å². The van der Waals surface area contributed by atoms with Gasteiger partial charge in [-0.25, -0.2) is 0 Å². The Morgan fingerprint density at radius 3 is 0.795 bits per heavy atom. The summed E-state index contributed by atoms with van der Waals surface area (Å²) in [7, 11) is 0. The van der Waals surface area contributed by atoms with E-state index in [1.807, 2.05) is 0 Å². The average molecular weight is 2140 g/mol. The largest absolute Gasteiger partial charge is 0.394 e. The van der Waals surface area contributed by atoms with E-state index in [9.17, 15) is 182 Å². The lowest BCUT2D eigenvalue weighted by atomic mass is 9.93. The van der Waals surface area contributed by atoms with Crippen LogP contribution >= 0.6 is 0 Å². The van der Waals surface area contributed by atoms with Crippen molar-refractivity contribution in [2.45, 2.75) is 417 Å². The molecule has 12 rings (SSSR count). The summed E-state index contributed by atoms with van der Waals surface area (Å²) in [4.78, 5) is 66.6. The monoisotopic (exact) mass is 2140 g/mol. The zero-order chi connectivity index (χ0) is 107. The Bertz CT molecular complexity index is 4090. The molecule has 0 aromatic carbocycles. The van der Waals surface area contributed by atoms with E-state index in [-0.39, 0.29) is 0 Å². The van der Waals surface area contributed by atoms with Crippen LogP contribution in [0.2, 0.25) is 0 Å². The normalized spacial score (nSPS) is 49.8. The van der Waals surface area contributed by atoms with Crippen LogP contribution < -0.4 is 26.6 Å². The van der Waals surface area contributed by atoms with Crippen molar-refractivity contribution < 1.29 is 291 Å². The van der Waals surface area contributed by atoms with Crippen LogP contribution in [0.3, 0.4) is 0 Å². The second-order valence-electron chi connectivity index (χ2n) is 37.3. The molecule has 36 N–H and O–H groups in total. The number of carbonyl (C=O) groups is 5. The van der Waals surface area contributed by atoms with Gasteiger partial charge in [0.25, 0.3) is 0 Å². The maximum atomic E-state index is 13.9. The maximum absolute atomic E-state index is 13.9. The quantitative estimate of drug-likeness (QED) is 0.0275. The number of amides is 5. The van der Waals surface area contributed by atoms with Crippen LogP contribution in [-0.4, -0.2) is 622 Å². The standard InChI is InChI=1S/C82H137N5O59/c1-18-40(102)53(115)57(119)77(125-18)145-69-67(143-73-35(83-20(3)97)50(112)42(104)25(8-88)128-73)47(109)30(13-93)133-81(69)138-61-33(16-96)135-72(37(52(61)114)85-22(5)99)124-17-34-49(111)66(60(122)80(136-34)139-63-38(86-23(6)100)75(130-27(10-90)44(63)106)141-65-46(108)29(12-92)132-79(59(65)121)137-62-32(15-95)127-71(123)56(118)55(62)117)142-76-39(87-24(7)101)64(45(107)28(11-91)131-76)140-82-70(146-78-58(120)54(116)41(103)19(2)126-78)68(48(110)31(14-94)134-82)144-74-36(84-21(4)98)51(113)43(105)26(9-89)129-74/h18-19,25-82,88-96,102-123H,8-17H2,1-7H3,(H,83,97)(H,84,98)(H,85,99)(H,86,100)(H,87,101)/t18-,19-,25+,26+,27+,28+,29+,30+,31+,32+,33+,34+,35+,36+,37+,38+,39+,40+,41+,42-,43+,44+,45+,46-,47-,48-,49-,50+,51+,52+,53+,54+,55+,56+,57-,58-,59+,60+,61+,62+,63+,64+,65-,66-,67-,68-,69+,70+,71+,72+,73+,74+,75-,76-,77-,78-,79-,80-,81-,82-/m0/s1. The lowest BCUT2D eigenvalue weighted by molar-refractivity contribution is -0.402. The van der Waals surface area contributed by atoms with Crippen molar-refractivity contribution >= 4 is 29.5 Å². The Balaban J connectivity index is 0.917. The molecular formula is C82H137N5O59. The Morgan fingerprint density at radius 2 is 0.432 bits per heavy atom. The highest BCUT2D eigenvalue weighted by molar-refractivity contribution is 5.75. The van der Waals surface area contributed by atoms with Gasteiger partial charge in [-0.2, -0.15) is 0 Å². The van der Waals surface area contributed by atoms with Crippen LogP contribution in [0.25, 0.3) is 0 Å².